The molecule has 0 heterocycles. The van der Waals surface area contributed by atoms with Crippen LogP contribution in [0, 0.1) is 0 Å². The second kappa shape index (κ2) is 4.77. The molecule has 0 saturated heterocycles. The summed E-state index contributed by atoms with van der Waals surface area (Å²) >= 11 is 5.10. The molecular formula is C10H9ClO3. The lowest BCUT2D eigenvalue weighted by molar-refractivity contribution is -0.110. The molecule has 0 atom stereocenters. The van der Waals surface area contributed by atoms with E-state index in [1.165, 1.54) is 0 Å². The van der Waals surface area contributed by atoms with Gasteiger partial charge in [-0.1, -0.05) is 0 Å². The smallest absolute Gasteiger partial charge is 0.229 e. The minimum atomic E-state index is -0.647. The molecule has 0 aliphatic carbocycles. The van der Waals surface area contributed by atoms with E-state index in [0.29, 0.717) is 11.3 Å². The Morgan fingerprint density at radius 1 is 1.29 bits per heavy atom. The van der Waals surface area contributed by atoms with E-state index >= 15 is 0 Å². The molecule has 0 amide bonds. The zero-order valence-electron chi connectivity index (χ0n) is 7.62. The van der Waals surface area contributed by atoms with Crippen LogP contribution in [-0.2, 0) is 4.79 Å². The number of ketones is 1. The van der Waals surface area contributed by atoms with Gasteiger partial charge in [0.05, 0.1) is 13.5 Å². The highest BCUT2D eigenvalue weighted by Crippen LogP contribution is 2.12. The van der Waals surface area contributed by atoms with Crippen molar-refractivity contribution in [2.75, 3.05) is 7.11 Å². The van der Waals surface area contributed by atoms with Crippen LogP contribution in [0.1, 0.15) is 16.8 Å². The van der Waals surface area contributed by atoms with E-state index in [2.05, 4.69) is 0 Å². The highest BCUT2D eigenvalue weighted by molar-refractivity contribution is 6.65. The minimum Gasteiger partial charge on any atom is -0.497 e. The Morgan fingerprint density at radius 3 is 2.29 bits per heavy atom. The molecule has 1 aromatic rings. The first-order valence-corrected chi connectivity index (χ1v) is 4.37. The van der Waals surface area contributed by atoms with E-state index in [9.17, 15) is 9.59 Å². The van der Waals surface area contributed by atoms with Crippen molar-refractivity contribution in [3.63, 3.8) is 0 Å². The van der Waals surface area contributed by atoms with Crippen LogP contribution in [0.15, 0.2) is 24.3 Å². The van der Waals surface area contributed by atoms with E-state index < -0.39 is 5.24 Å². The number of hydrogen-bond donors (Lipinski definition) is 0. The predicted molar refractivity (Wildman–Crippen MR) is 52.8 cm³/mol. The van der Waals surface area contributed by atoms with Gasteiger partial charge >= 0.3 is 0 Å². The van der Waals surface area contributed by atoms with Crippen LogP contribution in [-0.4, -0.2) is 18.1 Å². The summed E-state index contributed by atoms with van der Waals surface area (Å²) in [4.78, 5) is 21.8. The van der Waals surface area contributed by atoms with Crippen LogP contribution in [0.5, 0.6) is 5.75 Å². The molecule has 1 rings (SSSR count). The van der Waals surface area contributed by atoms with Gasteiger partial charge in [-0.3, -0.25) is 9.59 Å². The molecule has 0 N–H and O–H groups in total. The lowest BCUT2D eigenvalue weighted by atomic mass is 10.1. The molecule has 0 bridgehead atoms. The van der Waals surface area contributed by atoms with Crippen molar-refractivity contribution in [1.29, 1.82) is 0 Å². The Kier molecular flexibility index (Phi) is 3.65. The van der Waals surface area contributed by atoms with Crippen LogP contribution >= 0.6 is 11.6 Å². The summed E-state index contributed by atoms with van der Waals surface area (Å²) in [6, 6.07) is 6.51. The molecule has 4 heteroatoms. The Bertz CT molecular complexity index is 343. The molecule has 74 valence electrons. The highest BCUT2D eigenvalue weighted by Gasteiger charge is 2.09. The molecular weight excluding hydrogens is 204 g/mol. The third-order valence-corrected chi connectivity index (χ3v) is 1.85. The normalized spacial score (nSPS) is 9.57. The predicted octanol–water partition coefficient (Wildman–Crippen LogP) is 2.03. The second-order valence-electron chi connectivity index (χ2n) is 2.68. The van der Waals surface area contributed by atoms with E-state index in [1.54, 1.807) is 31.4 Å². The summed E-state index contributed by atoms with van der Waals surface area (Å²) in [7, 11) is 1.54. The van der Waals surface area contributed by atoms with Crippen LogP contribution in [0.2, 0.25) is 0 Å². The van der Waals surface area contributed by atoms with Crippen molar-refractivity contribution in [2.45, 2.75) is 6.42 Å². The first kappa shape index (κ1) is 10.7. The Labute approximate surface area is 86.6 Å². The van der Waals surface area contributed by atoms with Crippen molar-refractivity contribution >= 4 is 22.6 Å². The summed E-state index contributed by atoms with van der Waals surface area (Å²) in [5, 5.41) is -0.647. The van der Waals surface area contributed by atoms with Crippen LogP contribution in [0.3, 0.4) is 0 Å². The molecule has 0 aromatic heterocycles. The summed E-state index contributed by atoms with van der Waals surface area (Å²) in [6.45, 7) is 0. The number of methoxy groups -OCH3 is 1. The maximum absolute atomic E-state index is 11.3. The van der Waals surface area contributed by atoms with Crippen molar-refractivity contribution in [1.82, 2.24) is 0 Å². The number of carbonyl (C=O) groups is 2. The van der Waals surface area contributed by atoms with Gasteiger partial charge in [0.1, 0.15) is 5.75 Å². The van der Waals surface area contributed by atoms with Gasteiger partial charge in [-0.05, 0) is 35.9 Å². The standard InChI is InChI=1S/C10H9ClO3/c1-14-8-4-2-7(3-5-8)9(12)6-10(11)13/h2-5H,6H2,1H3. The lowest BCUT2D eigenvalue weighted by Crippen LogP contribution is -2.02. The zero-order chi connectivity index (χ0) is 10.6. The number of benzene rings is 1. The van der Waals surface area contributed by atoms with Gasteiger partial charge in [-0.2, -0.15) is 0 Å². The molecule has 0 fully saturated rings. The molecule has 0 aliphatic heterocycles. The van der Waals surface area contributed by atoms with Crippen LogP contribution in [0.4, 0.5) is 0 Å². The summed E-state index contributed by atoms with van der Waals surface area (Å²) in [5.74, 6) is 0.381. The van der Waals surface area contributed by atoms with E-state index in [-0.39, 0.29) is 12.2 Å². The maximum Gasteiger partial charge on any atom is 0.229 e. The van der Waals surface area contributed by atoms with Gasteiger partial charge in [0, 0.05) is 5.56 Å². The number of ether oxygens (including phenoxy) is 1. The van der Waals surface area contributed by atoms with Gasteiger partial charge in [-0.25, -0.2) is 0 Å². The largest absolute Gasteiger partial charge is 0.497 e. The summed E-state index contributed by atoms with van der Waals surface area (Å²) < 4.78 is 4.93. The fraction of sp³-hybridized carbons (Fsp3) is 0.200. The SMILES string of the molecule is COc1ccc(C(=O)CC(=O)Cl)cc1. The zero-order valence-corrected chi connectivity index (χ0v) is 8.38. The maximum atomic E-state index is 11.3. The summed E-state index contributed by atoms with van der Waals surface area (Å²) in [6.07, 6.45) is -0.270. The van der Waals surface area contributed by atoms with Crippen molar-refractivity contribution in [2.24, 2.45) is 0 Å². The van der Waals surface area contributed by atoms with E-state index in [0.717, 1.165) is 0 Å². The molecule has 1 aromatic carbocycles. The number of rotatable bonds is 4. The van der Waals surface area contributed by atoms with Gasteiger partial charge < -0.3 is 4.74 Å². The monoisotopic (exact) mass is 212 g/mol. The Balaban J connectivity index is 2.76. The van der Waals surface area contributed by atoms with E-state index in [4.69, 9.17) is 16.3 Å². The summed E-state index contributed by atoms with van der Waals surface area (Å²) in [5.41, 5.74) is 0.458. The quantitative estimate of drug-likeness (QED) is 0.436. The highest BCUT2D eigenvalue weighted by atomic mass is 35.5. The fourth-order valence-corrected chi connectivity index (χ4v) is 1.13. The molecule has 0 aliphatic rings. The second-order valence-corrected chi connectivity index (χ2v) is 3.11. The van der Waals surface area contributed by atoms with E-state index in [1.807, 2.05) is 0 Å². The average Bonchev–Trinajstić information content (AvgIpc) is 2.17. The Hall–Kier alpha value is -1.35. The molecule has 0 spiro atoms. The van der Waals surface area contributed by atoms with Crippen LogP contribution < -0.4 is 4.74 Å². The van der Waals surface area contributed by atoms with Crippen molar-refractivity contribution < 1.29 is 14.3 Å². The third kappa shape index (κ3) is 2.85. The average molecular weight is 213 g/mol. The van der Waals surface area contributed by atoms with Crippen molar-refractivity contribution in [3.05, 3.63) is 29.8 Å². The fourth-order valence-electron chi connectivity index (χ4n) is 1.01. The molecule has 14 heavy (non-hydrogen) atoms. The van der Waals surface area contributed by atoms with Crippen molar-refractivity contribution in [3.8, 4) is 5.75 Å². The Morgan fingerprint density at radius 2 is 1.86 bits per heavy atom. The minimum absolute atomic E-state index is 0.270. The van der Waals surface area contributed by atoms with Gasteiger partial charge in [0.15, 0.2) is 5.78 Å². The van der Waals surface area contributed by atoms with Gasteiger partial charge in [-0.15, -0.1) is 0 Å². The molecule has 0 saturated carbocycles. The first-order chi connectivity index (χ1) is 6.63. The molecule has 3 nitrogen and oxygen atoms in total. The molecule has 0 radical (unpaired) electrons. The first-order valence-electron chi connectivity index (χ1n) is 3.99. The van der Waals surface area contributed by atoms with Gasteiger partial charge in [0.2, 0.25) is 5.24 Å². The third-order valence-electron chi connectivity index (χ3n) is 1.71. The van der Waals surface area contributed by atoms with Crippen LogP contribution in [0.25, 0.3) is 0 Å². The lowest BCUT2D eigenvalue weighted by Gasteiger charge is -2.00. The number of carbonyl (C=O) groups excluding carboxylic acids is 2. The molecule has 0 unspecified atom stereocenters. The topological polar surface area (TPSA) is 43.4 Å². The van der Waals surface area contributed by atoms with Gasteiger partial charge in [0.25, 0.3) is 0 Å². The number of halogens is 1. The number of Topliss-reactive ketones (excluding diaryl/α,β-unsaturated/α-hetero) is 1. The number of hydrogen-bond acceptors (Lipinski definition) is 3.